The fourth-order valence-corrected chi connectivity index (χ4v) is 2.31. The Morgan fingerprint density at radius 2 is 2.18 bits per heavy atom. The van der Waals surface area contributed by atoms with Crippen LogP contribution in [0.2, 0.25) is 0 Å². The molecule has 0 aliphatic carbocycles. The number of amides is 1. The number of piperidine rings is 1. The van der Waals surface area contributed by atoms with Gasteiger partial charge in [0, 0.05) is 32.0 Å². The molecule has 1 fully saturated rings. The van der Waals surface area contributed by atoms with Crippen molar-refractivity contribution in [2.75, 3.05) is 19.6 Å². The Labute approximate surface area is 102 Å². The van der Waals surface area contributed by atoms with Crippen molar-refractivity contribution in [3.63, 3.8) is 0 Å². The van der Waals surface area contributed by atoms with Crippen LogP contribution >= 0.6 is 0 Å². The molecule has 2 heterocycles. The first kappa shape index (κ1) is 12.2. The minimum Gasteiger partial charge on any atom is -0.469 e. The van der Waals surface area contributed by atoms with E-state index in [1.165, 1.54) is 6.42 Å². The third kappa shape index (κ3) is 3.09. The summed E-state index contributed by atoms with van der Waals surface area (Å²) in [5.74, 6) is 1.04. The van der Waals surface area contributed by atoms with Crippen LogP contribution in [0.1, 0.15) is 37.4 Å². The van der Waals surface area contributed by atoms with Gasteiger partial charge in [-0.1, -0.05) is 0 Å². The van der Waals surface area contributed by atoms with E-state index in [2.05, 4.69) is 0 Å². The summed E-state index contributed by atoms with van der Waals surface area (Å²) in [7, 11) is 0. The molecule has 94 valence electrons. The van der Waals surface area contributed by atoms with E-state index in [-0.39, 0.29) is 11.8 Å². The Bertz CT molecular complexity index is 342. The lowest BCUT2D eigenvalue weighted by atomic mass is 10.0. The fraction of sp³-hybridized carbons (Fsp3) is 0.615. The van der Waals surface area contributed by atoms with Crippen LogP contribution in [-0.4, -0.2) is 30.4 Å². The summed E-state index contributed by atoms with van der Waals surface area (Å²) in [6, 6.07) is 3.73. The Kier molecular flexibility index (Phi) is 4.20. The highest BCUT2D eigenvalue weighted by Crippen LogP contribution is 2.21. The van der Waals surface area contributed by atoms with Crippen LogP contribution in [-0.2, 0) is 4.79 Å². The number of furan rings is 1. The highest BCUT2D eigenvalue weighted by atomic mass is 16.3. The lowest BCUT2D eigenvalue weighted by molar-refractivity contribution is -0.132. The van der Waals surface area contributed by atoms with Crippen LogP contribution in [0, 0.1) is 0 Å². The molecule has 1 aromatic rings. The zero-order valence-corrected chi connectivity index (χ0v) is 10.1. The van der Waals surface area contributed by atoms with E-state index in [0.717, 1.165) is 31.7 Å². The van der Waals surface area contributed by atoms with Crippen LogP contribution in [0.15, 0.2) is 22.8 Å². The van der Waals surface area contributed by atoms with Crippen molar-refractivity contribution in [3.8, 4) is 0 Å². The second-order valence-corrected chi connectivity index (χ2v) is 4.59. The van der Waals surface area contributed by atoms with Crippen LogP contribution in [0.25, 0.3) is 0 Å². The van der Waals surface area contributed by atoms with Gasteiger partial charge in [-0.05, 0) is 31.4 Å². The lowest BCUT2D eigenvalue weighted by Gasteiger charge is -2.27. The summed E-state index contributed by atoms with van der Waals surface area (Å²) in [6.45, 7) is 2.25. The van der Waals surface area contributed by atoms with E-state index in [4.69, 9.17) is 10.2 Å². The number of carbonyl (C=O) groups excluding carboxylic acids is 1. The van der Waals surface area contributed by atoms with E-state index in [9.17, 15) is 4.79 Å². The third-order valence-corrected chi connectivity index (χ3v) is 3.36. The molecule has 1 unspecified atom stereocenters. The lowest BCUT2D eigenvalue weighted by Crippen LogP contribution is -2.37. The molecule has 1 aromatic heterocycles. The van der Waals surface area contributed by atoms with E-state index in [1.54, 1.807) is 6.26 Å². The Balaban J connectivity index is 1.92. The summed E-state index contributed by atoms with van der Waals surface area (Å²) >= 11 is 0. The zero-order valence-electron chi connectivity index (χ0n) is 10.1. The Morgan fingerprint density at radius 1 is 1.41 bits per heavy atom. The second kappa shape index (κ2) is 5.87. The molecular weight excluding hydrogens is 216 g/mol. The molecule has 0 bridgehead atoms. The molecule has 1 aliphatic rings. The van der Waals surface area contributed by atoms with Gasteiger partial charge in [-0.15, -0.1) is 0 Å². The van der Waals surface area contributed by atoms with Crippen LogP contribution in [0.4, 0.5) is 0 Å². The smallest absolute Gasteiger partial charge is 0.223 e. The van der Waals surface area contributed by atoms with Crippen molar-refractivity contribution in [3.05, 3.63) is 24.2 Å². The van der Waals surface area contributed by atoms with Crippen LogP contribution in [0.3, 0.4) is 0 Å². The van der Waals surface area contributed by atoms with E-state index in [1.807, 2.05) is 17.0 Å². The minimum absolute atomic E-state index is 0.0134. The van der Waals surface area contributed by atoms with Gasteiger partial charge in [-0.3, -0.25) is 4.79 Å². The normalized spacial score (nSPS) is 18.1. The molecule has 1 saturated heterocycles. The van der Waals surface area contributed by atoms with Crippen molar-refractivity contribution in [1.29, 1.82) is 0 Å². The van der Waals surface area contributed by atoms with Gasteiger partial charge >= 0.3 is 0 Å². The summed E-state index contributed by atoms with van der Waals surface area (Å²) in [6.07, 6.45) is 5.58. The van der Waals surface area contributed by atoms with Crippen molar-refractivity contribution in [2.24, 2.45) is 5.73 Å². The molecule has 4 nitrogen and oxygen atoms in total. The Morgan fingerprint density at radius 3 is 2.76 bits per heavy atom. The quantitative estimate of drug-likeness (QED) is 0.866. The molecular formula is C13H20N2O2. The van der Waals surface area contributed by atoms with Gasteiger partial charge in [-0.2, -0.15) is 0 Å². The molecule has 0 saturated carbocycles. The number of nitrogens with two attached hydrogens (primary N) is 1. The first-order valence-electron chi connectivity index (χ1n) is 6.32. The SMILES string of the molecule is NCC(CC(=O)N1CCCCC1)c1ccco1. The minimum atomic E-state index is 0.0134. The van der Waals surface area contributed by atoms with Gasteiger partial charge < -0.3 is 15.1 Å². The molecule has 0 radical (unpaired) electrons. The van der Waals surface area contributed by atoms with E-state index < -0.39 is 0 Å². The van der Waals surface area contributed by atoms with Gasteiger partial charge in [0.25, 0.3) is 0 Å². The first-order valence-corrected chi connectivity index (χ1v) is 6.32. The number of rotatable bonds is 4. The standard InChI is InChI=1S/C13H20N2O2/c14-10-11(12-5-4-8-17-12)9-13(16)15-6-2-1-3-7-15/h4-5,8,11H,1-3,6-7,9-10,14H2. The summed E-state index contributed by atoms with van der Waals surface area (Å²) in [5.41, 5.74) is 5.71. The molecule has 0 spiro atoms. The van der Waals surface area contributed by atoms with Gasteiger partial charge in [0.05, 0.1) is 6.26 Å². The summed E-state index contributed by atoms with van der Waals surface area (Å²) in [4.78, 5) is 14.0. The third-order valence-electron chi connectivity index (χ3n) is 3.36. The van der Waals surface area contributed by atoms with Crippen molar-refractivity contribution in [2.45, 2.75) is 31.6 Å². The maximum atomic E-state index is 12.1. The number of likely N-dealkylation sites (tertiary alicyclic amines) is 1. The molecule has 0 aromatic carbocycles. The van der Waals surface area contributed by atoms with E-state index >= 15 is 0 Å². The molecule has 17 heavy (non-hydrogen) atoms. The Hall–Kier alpha value is -1.29. The predicted molar refractivity (Wildman–Crippen MR) is 65.6 cm³/mol. The highest BCUT2D eigenvalue weighted by molar-refractivity contribution is 5.77. The summed E-state index contributed by atoms with van der Waals surface area (Å²) < 4.78 is 5.32. The predicted octanol–water partition coefficient (Wildman–Crippen LogP) is 1.72. The second-order valence-electron chi connectivity index (χ2n) is 4.59. The molecule has 1 aliphatic heterocycles. The molecule has 1 atom stereocenters. The average Bonchev–Trinajstić information content (AvgIpc) is 2.90. The molecule has 2 N–H and O–H groups in total. The number of hydrogen-bond donors (Lipinski definition) is 1. The van der Waals surface area contributed by atoms with Gasteiger partial charge in [-0.25, -0.2) is 0 Å². The van der Waals surface area contributed by atoms with Crippen LogP contribution < -0.4 is 5.73 Å². The van der Waals surface area contributed by atoms with Gasteiger partial charge in [0.1, 0.15) is 5.76 Å². The maximum absolute atomic E-state index is 12.1. The first-order chi connectivity index (χ1) is 8.31. The van der Waals surface area contributed by atoms with Crippen molar-refractivity contribution in [1.82, 2.24) is 4.90 Å². The largest absolute Gasteiger partial charge is 0.469 e. The van der Waals surface area contributed by atoms with Crippen molar-refractivity contribution < 1.29 is 9.21 Å². The monoisotopic (exact) mass is 236 g/mol. The molecule has 4 heteroatoms. The van der Waals surface area contributed by atoms with Gasteiger partial charge in [0.15, 0.2) is 0 Å². The number of carbonyl (C=O) groups is 1. The van der Waals surface area contributed by atoms with E-state index in [0.29, 0.717) is 13.0 Å². The van der Waals surface area contributed by atoms with Gasteiger partial charge in [0.2, 0.25) is 5.91 Å². The zero-order chi connectivity index (χ0) is 12.1. The average molecular weight is 236 g/mol. The summed E-state index contributed by atoms with van der Waals surface area (Å²) in [5, 5.41) is 0. The number of hydrogen-bond acceptors (Lipinski definition) is 3. The molecule has 1 amide bonds. The topological polar surface area (TPSA) is 59.5 Å². The fourth-order valence-electron chi connectivity index (χ4n) is 2.31. The van der Waals surface area contributed by atoms with Crippen molar-refractivity contribution >= 4 is 5.91 Å². The molecule has 2 rings (SSSR count). The highest BCUT2D eigenvalue weighted by Gasteiger charge is 2.22. The maximum Gasteiger partial charge on any atom is 0.223 e. The van der Waals surface area contributed by atoms with Crippen LogP contribution in [0.5, 0.6) is 0 Å². The number of nitrogens with zero attached hydrogens (tertiary/aromatic N) is 1.